The molecule has 24 heavy (non-hydrogen) atoms. The molecule has 0 N–H and O–H groups in total. The molecule has 0 amide bonds. The van der Waals surface area contributed by atoms with E-state index in [1.807, 2.05) is 6.07 Å². The minimum Gasteiger partial charge on any atom is -0.455 e. The van der Waals surface area contributed by atoms with Gasteiger partial charge < -0.3 is 9.15 Å². The van der Waals surface area contributed by atoms with Crippen molar-refractivity contribution in [2.45, 2.75) is 6.61 Å². The van der Waals surface area contributed by atoms with Crippen molar-refractivity contribution in [2.75, 3.05) is 0 Å². The molecule has 0 aliphatic carbocycles. The number of nitriles is 1. The largest absolute Gasteiger partial charge is 0.455 e. The van der Waals surface area contributed by atoms with Gasteiger partial charge in [-0.1, -0.05) is 23.7 Å². The van der Waals surface area contributed by atoms with E-state index in [1.165, 1.54) is 12.1 Å². The predicted octanol–water partition coefficient (Wildman–Crippen LogP) is 3.68. The Bertz CT molecular complexity index is 1020. The highest BCUT2D eigenvalue weighted by atomic mass is 35.5. The van der Waals surface area contributed by atoms with Crippen LogP contribution in [0.4, 0.5) is 0 Å². The molecular weight excluding hydrogens is 330 g/mol. The van der Waals surface area contributed by atoms with E-state index in [4.69, 9.17) is 26.0 Å². The molecule has 0 aliphatic heterocycles. The Morgan fingerprint density at radius 2 is 1.92 bits per heavy atom. The Labute approximate surface area is 141 Å². The molecule has 1 aromatic heterocycles. The quantitative estimate of drug-likeness (QED) is 0.680. The molecule has 5 nitrogen and oxygen atoms in total. The molecule has 6 heteroatoms. The lowest BCUT2D eigenvalue weighted by molar-refractivity contribution is 0.0436. The van der Waals surface area contributed by atoms with E-state index in [2.05, 4.69) is 0 Å². The van der Waals surface area contributed by atoms with E-state index in [0.29, 0.717) is 16.0 Å². The number of hydrogen-bond acceptors (Lipinski definition) is 5. The molecule has 0 unspecified atom stereocenters. The molecule has 0 radical (unpaired) electrons. The third kappa shape index (κ3) is 3.29. The number of nitrogens with zero attached hydrogens (tertiary/aromatic N) is 1. The summed E-state index contributed by atoms with van der Waals surface area (Å²) in [6.45, 7) is 0.00685. The van der Waals surface area contributed by atoms with Crippen molar-refractivity contribution in [3.63, 3.8) is 0 Å². The van der Waals surface area contributed by atoms with Gasteiger partial charge in [0.25, 0.3) is 0 Å². The predicted molar refractivity (Wildman–Crippen MR) is 87.8 cm³/mol. The van der Waals surface area contributed by atoms with Crippen LogP contribution in [-0.4, -0.2) is 5.97 Å². The Hall–Kier alpha value is -3.10. The average molecular weight is 340 g/mol. The van der Waals surface area contributed by atoms with Crippen molar-refractivity contribution >= 4 is 28.5 Å². The summed E-state index contributed by atoms with van der Waals surface area (Å²) in [6, 6.07) is 14.3. The van der Waals surface area contributed by atoms with Crippen molar-refractivity contribution in [3.05, 3.63) is 80.7 Å². The van der Waals surface area contributed by atoms with Crippen molar-refractivity contribution in [1.82, 2.24) is 0 Å². The van der Waals surface area contributed by atoms with Gasteiger partial charge in [-0.2, -0.15) is 5.26 Å². The molecule has 2 aromatic carbocycles. The summed E-state index contributed by atoms with van der Waals surface area (Å²) in [5, 5.41) is 9.44. The highest BCUT2D eigenvalue weighted by molar-refractivity contribution is 6.31. The minimum absolute atomic E-state index is 0.00685. The van der Waals surface area contributed by atoms with Crippen molar-refractivity contribution in [3.8, 4) is 6.07 Å². The van der Waals surface area contributed by atoms with E-state index in [0.717, 1.165) is 11.6 Å². The van der Waals surface area contributed by atoms with Gasteiger partial charge in [-0.3, -0.25) is 4.79 Å². The van der Waals surface area contributed by atoms with Gasteiger partial charge in [-0.25, -0.2) is 4.79 Å². The van der Waals surface area contributed by atoms with Crippen LogP contribution in [0.15, 0.2) is 57.7 Å². The Kier molecular flexibility index (Phi) is 4.32. The molecule has 0 fully saturated rings. The molecule has 3 rings (SSSR count). The molecule has 0 bridgehead atoms. The first-order chi connectivity index (χ1) is 11.6. The second-order valence-corrected chi connectivity index (χ2v) is 5.44. The third-order valence-electron chi connectivity index (χ3n) is 3.34. The van der Waals surface area contributed by atoms with Gasteiger partial charge in [0, 0.05) is 11.1 Å². The lowest BCUT2D eigenvalue weighted by Gasteiger charge is -2.05. The number of carbonyl (C=O) groups is 1. The highest BCUT2D eigenvalue weighted by Gasteiger charge is 2.14. The fourth-order valence-electron chi connectivity index (χ4n) is 2.12. The molecule has 118 valence electrons. The van der Waals surface area contributed by atoms with Gasteiger partial charge >= 0.3 is 5.97 Å². The summed E-state index contributed by atoms with van der Waals surface area (Å²) < 4.78 is 10.5. The summed E-state index contributed by atoms with van der Waals surface area (Å²) in [6.07, 6.45) is 0. The van der Waals surface area contributed by atoms with Crippen LogP contribution in [0.25, 0.3) is 11.0 Å². The van der Waals surface area contributed by atoms with Crippen molar-refractivity contribution < 1.29 is 13.9 Å². The number of rotatable bonds is 3. The molecular formula is C18H10ClNO4. The standard InChI is InChI=1S/C18H10ClNO4/c19-13-5-6-16-14(7-13)15(21)8-17(24-16)18(22)23-10-12-3-1-11(9-20)2-4-12/h1-8H,10H2. The number of ether oxygens (including phenoxy) is 1. The van der Waals surface area contributed by atoms with Crippen molar-refractivity contribution in [1.29, 1.82) is 5.26 Å². The summed E-state index contributed by atoms with van der Waals surface area (Å²) in [4.78, 5) is 24.1. The molecule has 3 aromatic rings. The highest BCUT2D eigenvalue weighted by Crippen LogP contribution is 2.18. The zero-order chi connectivity index (χ0) is 17.1. The lowest BCUT2D eigenvalue weighted by atomic mass is 10.2. The lowest BCUT2D eigenvalue weighted by Crippen LogP contribution is -2.10. The first kappa shape index (κ1) is 15.8. The SMILES string of the molecule is N#Cc1ccc(COC(=O)c2cc(=O)c3cc(Cl)ccc3o2)cc1. The Morgan fingerprint density at radius 3 is 2.62 bits per heavy atom. The summed E-state index contributed by atoms with van der Waals surface area (Å²) in [7, 11) is 0. The molecule has 0 spiro atoms. The zero-order valence-corrected chi connectivity index (χ0v) is 13.0. The number of halogens is 1. The number of fused-ring (bicyclic) bond motifs is 1. The smallest absolute Gasteiger partial charge is 0.374 e. The average Bonchev–Trinajstić information content (AvgIpc) is 2.60. The Morgan fingerprint density at radius 1 is 1.17 bits per heavy atom. The number of hydrogen-bond donors (Lipinski definition) is 0. The maximum Gasteiger partial charge on any atom is 0.374 e. The van der Waals surface area contributed by atoms with Crippen LogP contribution in [0.3, 0.4) is 0 Å². The monoisotopic (exact) mass is 339 g/mol. The maximum absolute atomic E-state index is 12.1. The second-order valence-electron chi connectivity index (χ2n) is 5.00. The van der Waals surface area contributed by atoms with Gasteiger partial charge in [0.1, 0.15) is 12.2 Å². The van der Waals surface area contributed by atoms with Crippen LogP contribution in [0.1, 0.15) is 21.7 Å². The Balaban J connectivity index is 1.79. The zero-order valence-electron chi connectivity index (χ0n) is 12.3. The summed E-state index contributed by atoms with van der Waals surface area (Å²) >= 11 is 5.84. The number of carbonyl (C=O) groups excluding carboxylic acids is 1. The number of benzene rings is 2. The second kappa shape index (κ2) is 6.57. The molecule has 0 aliphatic rings. The maximum atomic E-state index is 12.1. The van der Waals surface area contributed by atoms with Crippen molar-refractivity contribution in [2.24, 2.45) is 0 Å². The fourth-order valence-corrected chi connectivity index (χ4v) is 2.30. The summed E-state index contributed by atoms with van der Waals surface area (Å²) in [5.74, 6) is -0.920. The first-order valence-electron chi connectivity index (χ1n) is 6.96. The normalized spacial score (nSPS) is 10.3. The van der Waals surface area contributed by atoms with E-state index >= 15 is 0 Å². The van der Waals surface area contributed by atoms with E-state index < -0.39 is 5.97 Å². The van der Waals surface area contributed by atoms with Gasteiger partial charge in [-0.15, -0.1) is 0 Å². The van der Waals surface area contributed by atoms with E-state index in [-0.39, 0.29) is 23.4 Å². The third-order valence-corrected chi connectivity index (χ3v) is 3.58. The van der Waals surface area contributed by atoms with Crippen LogP contribution >= 0.6 is 11.6 Å². The minimum atomic E-state index is -0.742. The topological polar surface area (TPSA) is 80.3 Å². The van der Waals surface area contributed by atoms with Crippen LogP contribution in [0, 0.1) is 11.3 Å². The van der Waals surface area contributed by atoms with E-state index in [1.54, 1.807) is 30.3 Å². The molecule has 0 saturated carbocycles. The van der Waals surface area contributed by atoms with Gasteiger partial charge in [0.15, 0.2) is 5.43 Å². The van der Waals surface area contributed by atoms with E-state index in [9.17, 15) is 9.59 Å². The fraction of sp³-hybridized carbons (Fsp3) is 0.0556. The molecule has 0 atom stereocenters. The van der Waals surface area contributed by atoms with Crippen LogP contribution in [-0.2, 0) is 11.3 Å². The number of esters is 1. The van der Waals surface area contributed by atoms with Gasteiger partial charge in [-0.05, 0) is 35.9 Å². The first-order valence-corrected chi connectivity index (χ1v) is 7.34. The van der Waals surface area contributed by atoms with Crippen LogP contribution < -0.4 is 5.43 Å². The van der Waals surface area contributed by atoms with Crippen LogP contribution in [0.5, 0.6) is 0 Å². The molecule has 0 saturated heterocycles. The van der Waals surface area contributed by atoms with Gasteiger partial charge in [0.05, 0.1) is 17.0 Å². The summed E-state index contributed by atoms with van der Waals surface area (Å²) in [5.41, 5.74) is 1.13. The van der Waals surface area contributed by atoms with Gasteiger partial charge in [0.2, 0.25) is 5.76 Å². The molecule has 1 heterocycles. The van der Waals surface area contributed by atoms with Crippen LogP contribution in [0.2, 0.25) is 5.02 Å².